The van der Waals surface area contributed by atoms with E-state index in [0.29, 0.717) is 0 Å². The van der Waals surface area contributed by atoms with Crippen molar-refractivity contribution in [3.05, 3.63) is 107 Å². The average molecular weight is 369 g/mol. The van der Waals surface area contributed by atoms with Gasteiger partial charge >= 0.3 is 0 Å². The summed E-state index contributed by atoms with van der Waals surface area (Å²) in [5.41, 5.74) is 4.54. The normalized spacial score (nSPS) is 12.2. The molecule has 0 radical (unpaired) electrons. The Morgan fingerprint density at radius 3 is 2.21 bits per heavy atom. The van der Waals surface area contributed by atoms with Crippen LogP contribution < -0.4 is 0 Å². The van der Waals surface area contributed by atoms with Crippen molar-refractivity contribution in [1.29, 1.82) is 0 Å². The largest absolute Gasteiger partial charge is 0.288 e. The fourth-order valence-corrected chi connectivity index (χ4v) is 3.54. The molecule has 1 atom stereocenters. The second kappa shape index (κ2) is 8.15. The molecule has 140 valence electrons. The van der Waals surface area contributed by atoms with Crippen molar-refractivity contribution in [2.75, 3.05) is 7.05 Å². The highest BCUT2D eigenvalue weighted by Crippen LogP contribution is 2.29. The Labute approximate surface area is 165 Å². The van der Waals surface area contributed by atoms with Crippen molar-refractivity contribution in [2.24, 2.45) is 0 Å². The molecule has 28 heavy (non-hydrogen) atoms. The minimum absolute atomic E-state index is 0.0731. The second-order valence-electron chi connectivity index (χ2n) is 6.95. The molecule has 0 aliphatic rings. The fraction of sp³-hybridized carbons (Fsp3) is 0.174. The van der Waals surface area contributed by atoms with E-state index in [1.807, 2.05) is 28.9 Å². The number of nitrogens with zero attached hydrogens (tertiary/aromatic N) is 5. The molecule has 1 aromatic heterocycles. The Morgan fingerprint density at radius 1 is 0.857 bits per heavy atom. The Balaban J connectivity index is 1.77. The van der Waals surface area contributed by atoms with Crippen LogP contribution in [0.3, 0.4) is 0 Å². The number of hydrogen-bond acceptors (Lipinski definition) is 4. The van der Waals surface area contributed by atoms with Gasteiger partial charge in [-0.3, -0.25) is 4.90 Å². The summed E-state index contributed by atoms with van der Waals surface area (Å²) in [4.78, 5) is 2.28. The molecule has 0 unspecified atom stereocenters. The van der Waals surface area contributed by atoms with Gasteiger partial charge in [0, 0.05) is 6.54 Å². The molecule has 3 aromatic carbocycles. The first kappa shape index (κ1) is 18.1. The first-order valence-electron chi connectivity index (χ1n) is 9.37. The molecule has 0 bridgehead atoms. The van der Waals surface area contributed by atoms with Crippen molar-refractivity contribution >= 4 is 0 Å². The van der Waals surface area contributed by atoms with E-state index >= 15 is 0 Å². The predicted octanol–water partition coefficient (Wildman–Crippen LogP) is 4.19. The average Bonchev–Trinajstić information content (AvgIpc) is 3.19. The monoisotopic (exact) mass is 369 g/mol. The Bertz CT molecular complexity index is 1030. The number of aryl methyl sites for hydroxylation is 1. The molecule has 5 nitrogen and oxygen atoms in total. The van der Waals surface area contributed by atoms with Crippen LogP contribution in [0.2, 0.25) is 0 Å². The fourth-order valence-electron chi connectivity index (χ4n) is 3.54. The maximum Gasteiger partial charge on any atom is 0.178 e. The molecule has 0 fully saturated rings. The molecule has 0 aliphatic carbocycles. The molecule has 0 spiro atoms. The zero-order valence-electron chi connectivity index (χ0n) is 16.1. The van der Waals surface area contributed by atoms with Gasteiger partial charge in [-0.2, -0.15) is 4.68 Å². The van der Waals surface area contributed by atoms with E-state index in [9.17, 15) is 0 Å². The Morgan fingerprint density at radius 2 is 1.50 bits per heavy atom. The molecular weight excluding hydrogens is 346 g/mol. The topological polar surface area (TPSA) is 46.8 Å². The molecule has 0 N–H and O–H groups in total. The lowest BCUT2D eigenvalue weighted by atomic mass is 10.0. The molecule has 0 saturated carbocycles. The number of hydrogen-bond donors (Lipinski definition) is 0. The number of aromatic nitrogens is 4. The first-order chi connectivity index (χ1) is 13.7. The third-order valence-electron chi connectivity index (χ3n) is 4.91. The highest BCUT2D eigenvalue weighted by Gasteiger charge is 2.26. The van der Waals surface area contributed by atoms with Crippen molar-refractivity contribution in [1.82, 2.24) is 25.1 Å². The van der Waals surface area contributed by atoms with Gasteiger partial charge in [-0.05, 0) is 47.2 Å². The minimum Gasteiger partial charge on any atom is -0.288 e. The lowest BCUT2D eigenvalue weighted by Gasteiger charge is -2.28. The van der Waals surface area contributed by atoms with E-state index in [1.54, 1.807) is 0 Å². The van der Waals surface area contributed by atoms with Crippen LogP contribution in [-0.2, 0) is 6.54 Å². The van der Waals surface area contributed by atoms with E-state index in [2.05, 4.69) is 95.1 Å². The SMILES string of the molecule is Cc1ccccc1-n1nnnc1[C@H](c1ccccc1)N(C)Cc1ccccc1. The van der Waals surface area contributed by atoms with Crippen LogP contribution in [0, 0.1) is 6.92 Å². The van der Waals surface area contributed by atoms with Gasteiger partial charge in [0.25, 0.3) is 0 Å². The number of para-hydroxylation sites is 1. The lowest BCUT2D eigenvalue weighted by molar-refractivity contribution is 0.258. The summed E-state index contributed by atoms with van der Waals surface area (Å²) in [6, 6.07) is 28.9. The summed E-state index contributed by atoms with van der Waals surface area (Å²) in [5.74, 6) is 0.805. The van der Waals surface area contributed by atoms with Crippen LogP contribution in [-0.4, -0.2) is 32.2 Å². The third-order valence-corrected chi connectivity index (χ3v) is 4.91. The van der Waals surface area contributed by atoms with Gasteiger partial charge in [0.05, 0.1) is 11.7 Å². The summed E-state index contributed by atoms with van der Waals surface area (Å²) >= 11 is 0. The summed E-state index contributed by atoms with van der Waals surface area (Å²) < 4.78 is 1.86. The number of tetrazole rings is 1. The zero-order chi connectivity index (χ0) is 19.3. The van der Waals surface area contributed by atoms with E-state index in [1.165, 1.54) is 5.56 Å². The number of benzene rings is 3. The van der Waals surface area contributed by atoms with E-state index in [4.69, 9.17) is 0 Å². The smallest absolute Gasteiger partial charge is 0.178 e. The van der Waals surface area contributed by atoms with Gasteiger partial charge in [0.1, 0.15) is 0 Å². The van der Waals surface area contributed by atoms with Gasteiger partial charge in [-0.1, -0.05) is 78.9 Å². The third kappa shape index (κ3) is 3.70. The van der Waals surface area contributed by atoms with Crippen molar-refractivity contribution in [3.8, 4) is 5.69 Å². The van der Waals surface area contributed by atoms with Crippen molar-refractivity contribution < 1.29 is 0 Å². The zero-order valence-corrected chi connectivity index (χ0v) is 16.1. The molecule has 0 saturated heterocycles. The van der Waals surface area contributed by atoms with Gasteiger partial charge < -0.3 is 0 Å². The van der Waals surface area contributed by atoms with Gasteiger partial charge in [0.15, 0.2) is 5.82 Å². The summed E-state index contributed by atoms with van der Waals surface area (Å²) in [7, 11) is 2.11. The van der Waals surface area contributed by atoms with Crippen LogP contribution >= 0.6 is 0 Å². The first-order valence-corrected chi connectivity index (χ1v) is 9.37. The molecule has 4 aromatic rings. The van der Waals surface area contributed by atoms with Crippen LogP contribution in [0.5, 0.6) is 0 Å². The highest BCUT2D eigenvalue weighted by atomic mass is 15.6. The van der Waals surface area contributed by atoms with Crippen molar-refractivity contribution in [2.45, 2.75) is 19.5 Å². The van der Waals surface area contributed by atoms with Crippen LogP contribution in [0.4, 0.5) is 0 Å². The lowest BCUT2D eigenvalue weighted by Crippen LogP contribution is -2.28. The summed E-state index contributed by atoms with van der Waals surface area (Å²) in [5, 5.41) is 12.8. The maximum atomic E-state index is 4.43. The molecular formula is C23H23N5. The second-order valence-corrected chi connectivity index (χ2v) is 6.95. The predicted molar refractivity (Wildman–Crippen MR) is 110 cm³/mol. The molecule has 0 amide bonds. The highest BCUT2D eigenvalue weighted by molar-refractivity contribution is 5.40. The summed E-state index contributed by atoms with van der Waals surface area (Å²) in [6.07, 6.45) is 0. The quantitative estimate of drug-likeness (QED) is 0.511. The van der Waals surface area contributed by atoms with E-state index in [-0.39, 0.29) is 6.04 Å². The Kier molecular flexibility index (Phi) is 5.26. The van der Waals surface area contributed by atoms with Gasteiger partial charge in [-0.25, -0.2) is 0 Å². The van der Waals surface area contributed by atoms with Crippen LogP contribution in [0.15, 0.2) is 84.9 Å². The standard InChI is InChI=1S/C23H23N5/c1-18-11-9-10-16-21(18)28-23(24-25-26-28)22(20-14-7-4-8-15-20)27(2)17-19-12-5-3-6-13-19/h3-16,22H,17H2,1-2H3/t22-/m0/s1. The molecule has 5 heteroatoms. The van der Waals surface area contributed by atoms with Crippen LogP contribution in [0.1, 0.15) is 28.6 Å². The summed E-state index contributed by atoms with van der Waals surface area (Å²) in [6.45, 7) is 2.87. The number of rotatable bonds is 6. The van der Waals surface area contributed by atoms with E-state index in [0.717, 1.165) is 29.2 Å². The van der Waals surface area contributed by atoms with Gasteiger partial charge in [0.2, 0.25) is 0 Å². The molecule has 0 aliphatic heterocycles. The molecule has 4 rings (SSSR count). The van der Waals surface area contributed by atoms with Gasteiger partial charge in [-0.15, -0.1) is 5.10 Å². The van der Waals surface area contributed by atoms with Crippen molar-refractivity contribution in [3.63, 3.8) is 0 Å². The maximum absolute atomic E-state index is 4.43. The Hall–Kier alpha value is -3.31. The van der Waals surface area contributed by atoms with Crippen LogP contribution in [0.25, 0.3) is 5.69 Å². The van der Waals surface area contributed by atoms with E-state index < -0.39 is 0 Å². The minimum atomic E-state index is -0.0731. The molecule has 1 heterocycles.